The minimum Gasteiger partial charge on any atom is -0.380 e. The lowest BCUT2D eigenvalue weighted by atomic mass is 9.78. The normalized spacial score (nSPS) is 13.8. The molecule has 90 valence electrons. The van der Waals surface area contributed by atoms with Crippen LogP contribution >= 0.6 is 0 Å². The topological polar surface area (TPSA) is 47.3 Å². The molecular weight excluding hydrogens is 200 g/mol. The quantitative estimate of drug-likeness (QED) is 0.570. The Morgan fingerprint density at radius 1 is 1.31 bits per heavy atom. The van der Waals surface area contributed by atoms with Crippen LogP contribution in [0.15, 0.2) is 30.3 Å². The van der Waals surface area contributed by atoms with Crippen molar-refractivity contribution in [3.63, 3.8) is 0 Å². The van der Waals surface area contributed by atoms with Crippen LogP contribution in [0, 0.1) is 0 Å². The lowest BCUT2D eigenvalue weighted by molar-refractivity contribution is 0.0995. The molecular formula is C13H22N2O. The number of rotatable bonds is 6. The van der Waals surface area contributed by atoms with E-state index in [1.54, 1.807) is 0 Å². The van der Waals surface area contributed by atoms with Gasteiger partial charge < -0.3 is 4.74 Å². The lowest BCUT2D eigenvalue weighted by Gasteiger charge is -2.34. The zero-order valence-electron chi connectivity index (χ0n) is 10.4. The van der Waals surface area contributed by atoms with Gasteiger partial charge in [-0.15, -0.1) is 0 Å². The highest BCUT2D eigenvalue weighted by Crippen LogP contribution is 2.26. The van der Waals surface area contributed by atoms with E-state index in [-0.39, 0.29) is 11.5 Å². The Labute approximate surface area is 98.0 Å². The third-order valence-corrected chi connectivity index (χ3v) is 3.08. The minimum atomic E-state index is -0.0504. The lowest BCUT2D eigenvalue weighted by Crippen LogP contribution is -2.51. The van der Waals surface area contributed by atoms with Gasteiger partial charge in [0, 0.05) is 12.0 Å². The van der Waals surface area contributed by atoms with Crippen LogP contribution in [-0.4, -0.2) is 19.3 Å². The standard InChI is InChI=1S/C13H22N2O/c1-4-16-10-12(15-14)13(2,3)11-8-6-5-7-9-11/h5-9,12,15H,4,10,14H2,1-3H3. The van der Waals surface area contributed by atoms with Crippen LogP contribution < -0.4 is 11.3 Å². The highest BCUT2D eigenvalue weighted by atomic mass is 16.5. The average molecular weight is 222 g/mol. The van der Waals surface area contributed by atoms with Gasteiger partial charge in [0.15, 0.2) is 0 Å². The molecule has 16 heavy (non-hydrogen) atoms. The number of benzene rings is 1. The number of hydrazine groups is 1. The molecule has 3 N–H and O–H groups in total. The van der Waals surface area contributed by atoms with Crippen molar-refractivity contribution < 1.29 is 4.74 Å². The first-order valence-electron chi connectivity index (χ1n) is 5.72. The highest BCUT2D eigenvalue weighted by Gasteiger charge is 2.30. The summed E-state index contributed by atoms with van der Waals surface area (Å²) >= 11 is 0. The van der Waals surface area contributed by atoms with Gasteiger partial charge in [-0.25, -0.2) is 0 Å². The Balaban J connectivity index is 2.81. The summed E-state index contributed by atoms with van der Waals surface area (Å²) in [5.41, 5.74) is 4.06. The maximum atomic E-state index is 5.61. The molecule has 0 aliphatic carbocycles. The molecule has 1 unspecified atom stereocenters. The van der Waals surface area contributed by atoms with E-state index in [2.05, 4.69) is 31.4 Å². The Bertz CT molecular complexity index is 298. The molecule has 0 saturated carbocycles. The van der Waals surface area contributed by atoms with Gasteiger partial charge in [-0.1, -0.05) is 44.2 Å². The first kappa shape index (κ1) is 13.2. The summed E-state index contributed by atoms with van der Waals surface area (Å²) in [6.07, 6.45) is 0. The van der Waals surface area contributed by atoms with Gasteiger partial charge in [-0.05, 0) is 12.5 Å². The van der Waals surface area contributed by atoms with E-state index < -0.39 is 0 Å². The predicted octanol–water partition coefficient (Wildman–Crippen LogP) is 1.83. The van der Waals surface area contributed by atoms with Crippen LogP contribution in [0.4, 0.5) is 0 Å². The van der Waals surface area contributed by atoms with Crippen molar-refractivity contribution in [1.29, 1.82) is 0 Å². The van der Waals surface area contributed by atoms with E-state index in [1.165, 1.54) is 5.56 Å². The fourth-order valence-corrected chi connectivity index (χ4v) is 1.77. The van der Waals surface area contributed by atoms with Crippen LogP contribution in [-0.2, 0) is 10.2 Å². The summed E-state index contributed by atoms with van der Waals surface area (Å²) in [6.45, 7) is 7.67. The molecule has 0 aliphatic rings. The summed E-state index contributed by atoms with van der Waals surface area (Å²) in [6, 6.07) is 10.5. The second-order valence-corrected chi connectivity index (χ2v) is 4.47. The average Bonchev–Trinajstić information content (AvgIpc) is 2.31. The molecule has 0 fully saturated rings. The number of nitrogens with one attached hydrogen (secondary N) is 1. The Morgan fingerprint density at radius 3 is 2.44 bits per heavy atom. The molecule has 0 saturated heterocycles. The van der Waals surface area contributed by atoms with Crippen LogP contribution in [0.25, 0.3) is 0 Å². The Morgan fingerprint density at radius 2 is 1.94 bits per heavy atom. The van der Waals surface area contributed by atoms with E-state index >= 15 is 0 Å². The zero-order chi connectivity index (χ0) is 12.0. The fraction of sp³-hybridized carbons (Fsp3) is 0.538. The maximum Gasteiger partial charge on any atom is 0.0641 e. The predicted molar refractivity (Wildman–Crippen MR) is 67.1 cm³/mol. The largest absolute Gasteiger partial charge is 0.380 e. The number of hydrogen-bond donors (Lipinski definition) is 2. The van der Waals surface area contributed by atoms with Crippen molar-refractivity contribution in [2.24, 2.45) is 5.84 Å². The minimum absolute atomic E-state index is 0.0504. The second-order valence-electron chi connectivity index (χ2n) is 4.47. The first-order chi connectivity index (χ1) is 7.62. The van der Waals surface area contributed by atoms with Crippen LogP contribution in [0.2, 0.25) is 0 Å². The van der Waals surface area contributed by atoms with Crippen molar-refractivity contribution >= 4 is 0 Å². The number of ether oxygens (including phenoxy) is 1. The third-order valence-electron chi connectivity index (χ3n) is 3.08. The SMILES string of the molecule is CCOCC(NN)C(C)(C)c1ccccc1. The maximum absolute atomic E-state index is 5.61. The molecule has 0 bridgehead atoms. The zero-order valence-corrected chi connectivity index (χ0v) is 10.4. The van der Waals surface area contributed by atoms with Crippen molar-refractivity contribution in [3.8, 4) is 0 Å². The van der Waals surface area contributed by atoms with Crippen LogP contribution in [0.5, 0.6) is 0 Å². The van der Waals surface area contributed by atoms with Gasteiger partial charge in [0.2, 0.25) is 0 Å². The molecule has 1 aromatic rings. The summed E-state index contributed by atoms with van der Waals surface area (Å²) in [5.74, 6) is 5.61. The molecule has 3 heteroatoms. The molecule has 3 nitrogen and oxygen atoms in total. The van der Waals surface area contributed by atoms with Crippen LogP contribution in [0.3, 0.4) is 0 Å². The van der Waals surface area contributed by atoms with E-state index in [0.717, 1.165) is 0 Å². The van der Waals surface area contributed by atoms with Gasteiger partial charge in [-0.2, -0.15) is 0 Å². The summed E-state index contributed by atoms with van der Waals surface area (Å²) < 4.78 is 5.45. The monoisotopic (exact) mass is 222 g/mol. The van der Waals surface area contributed by atoms with E-state index in [0.29, 0.717) is 13.2 Å². The Kier molecular flexibility index (Phi) is 4.93. The fourth-order valence-electron chi connectivity index (χ4n) is 1.77. The van der Waals surface area contributed by atoms with Crippen molar-refractivity contribution in [3.05, 3.63) is 35.9 Å². The molecule has 0 heterocycles. The number of nitrogens with two attached hydrogens (primary N) is 1. The molecule has 0 aliphatic heterocycles. The van der Waals surface area contributed by atoms with Gasteiger partial charge in [-0.3, -0.25) is 11.3 Å². The van der Waals surface area contributed by atoms with Crippen molar-refractivity contribution in [1.82, 2.24) is 5.43 Å². The summed E-state index contributed by atoms with van der Waals surface area (Å²) in [4.78, 5) is 0. The summed E-state index contributed by atoms with van der Waals surface area (Å²) in [5, 5.41) is 0. The highest BCUT2D eigenvalue weighted by molar-refractivity contribution is 5.25. The van der Waals surface area contributed by atoms with Gasteiger partial charge in [0.1, 0.15) is 0 Å². The van der Waals surface area contributed by atoms with Crippen LogP contribution in [0.1, 0.15) is 26.3 Å². The van der Waals surface area contributed by atoms with Gasteiger partial charge in [0.05, 0.1) is 12.6 Å². The van der Waals surface area contributed by atoms with E-state index in [1.807, 2.05) is 25.1 Å². The summed E-state index contributed by atoms with van der Waals surface area (Å²) in [7, 11) is 0. The molecule has 1 aromatic carbocycles. The van der Waals surface area contributed by atoms with Crippen molar-refractivity contribution in [2.75, 3.05) is 13.2 Å². The van der Waals surface area contributed by atoms with Gasteiger partial charge >= 0.3 is 0 Å². The molecule has 1 atom stereocenters. The molecule has 0 radical (unpaired) electrons. The first-order valence-corrected chi connectivity index (χ1v) is 5.72. The molecule has 0 amide bonds. The van der Waals surface area contributed by atoms with E-state index in [4.69, 9.17) is 10.6 Å². The Hall–Kier alpha value is -0.900. The van der Waals surface area contributed by atoms with Crippen molar-refractivity contribution in [2.45, 2.75) is 32.2 Å². The molecule has 0 aromatic heterocycles. The molecule has 0 spiro atoms. The molecule has 1 rings (SSSR count). The van der Waals surface area contributed by atoms with E-state index in [9.17, 15) is 0 Å². The second kappa shape index (κ2) is 5.99. The smallest absolute Gasteiger partial charge is 0.0641 e. The third kappa shape index (κ3) is 3.04. The number of hydrogen-bond acceptors (Lipinski definition) is 3. The van der Waals surface area contributed by atoms with Gasteiger partial charge in [0.25, 0.3) is 0 Å².